The number of ether oxygens (including phenoxy) is 1. The Balaban J connectivity index is 2.03. The summed E-state index contributed by atoms with van der Waals surface area (Å²) < 4.78 is 19.1. The first-order valence-corrected chi connectivity index (χ1v) is 5.98. The second-order valence-corrected chi connectivity index (χ2v) is 4.46. The van der Waals surface area contributed by atoms with Crippen molar-refractivity contribution in [3.8, 4) is 0 Å². The van der Waals surface area contributed by atoms with Crippen LogP contribution in [0.5, 0.6) is 0 Å². The number of carbonyl (C=O) groups excluding carboxylic acids is 1. The molecule has 0 atom stereocenters. The van der Waals surface area contributed by atoms with Gasteiger partial charge in [0, 0.05) is 10.7 Å². The van der Waals surface area contributed by atoms with Crippen LogP contribution in [0.15, 0.2) is 47.1 Å². The summed E-state index contributed by atoms with van der Waals surface area (Å²) in [6, 6.07) is 10.2. The van der Waals surface area contributed by atoms with Gasteiger partial charge in [0.1, 0.15) is 12.2 Å². The number of nitrogens with zero attached hydrogens (tertiary/aromatic N) is 1. The highest BCUT2D eigenvalue weighted by molar-refractivity contribution is 9.10. The van der Waals surface area contributed by atoms with Crippen LogP contribution >= 0.6 is 15.9 Å². The van der Waals surface area contributed by atoms with Crippen LogP contribution in [-0.2, 0) is 11.3 Å². The number of esters is 1. The second kappa shape index (κ2) is 5.73. The molecule has 1 aromatic heterocycles. The van der Waals surface area contributed by atoms with E-state index < -0.39 is 11.9 Å². The first kappa shape index (κ1) is 12.7. The first-order valence-electron chi connectivity index (χ1n) is 5.19. The molecule has 2 rings (SSSR count). The zero-order valence-corrected chi connectivity index (χ0v) is 10.9. The third-order valence-corrected chi connectivity index (χ3v) is 2.73. The van der Waals surface area contributed by atoms with Gasteiger partial charge in [-0.3, -0.25) is 0 Å². The van der Waals surface area contributed by atoms with Crippen molar-refractivity contribution in [2.24, 2.45) is 0 Å². The van der Waals surface area contributed by atoms with Gasteiger partial charge in [0.25, 0.3) is 0 Å². The molecule has 0 saturated heterocycles. The Morgan fingerprint density at radius 2 is 2.17 bits per heavy atom. The van der Waals surface area contributed by atoms with E-state index in [1.807, 2.05) is 24.3 Å². The van der Waals surface area contributed by atoms with Gasteiger partial charge in [-0.1, -0.05) is 28.1 Å². The highest BCUT2D eigenvalue weighted by Gasteiger charge is 2.13. The van der Waals surface area contributed by atoms with E-state index in [9.17, 15) is 9.18 Å². The van der Waals surface area contributed by atoms with E-state index in [0.29, 0.717) is 0 Å². The normalized spacial score (nSPS) is 10.1. The molecule has 0 aliphatic carbocycles. The Labute approximate surface area is 112 Å². The van der Waals surface area contributed by atoms with Crippen molar-refractivity contribution in [3.63, 3.8) is 0 Å². The van der Waals surface area contributed by atoms with Gasteiger partial charge in [0.05, 0.1) is 0 Å². The highest BCUT2D eigenvalue weighted by atomic mass is 79.9. The van der Waals surface area contributed by atoms with Gasteiger partial charge in [-0.15, -0.1) is 0 Å². The van der Waals surface area contributed by atoms with Crippen LogP contribution in [0.2, 0.25) is 0 Å². The third-order valence-electron chi connectivity index (χ3n) is 2.24. The summed E-state index contributed by atoms with van der Waals surface area (Å²) >= 11 is 3.32. The minimum Gasteiger partial charge on any atom is -0.457 e. The van der Waals surface area contributed by atoms with E-state index in [1.165, 1.54) is 18.3 Å². The fourth-order valence-corrected chi connectivity index (χ4v) is 1.84. The summed E-state index contributed by atoms with van der Waals surface area (Å²) in [5, 5.41) is 0. The smallest absolute Gasteiger partial charge is 0.343 e. The molecule has 0 N–H and O–H groups in total. The van der Waals surface area contributed by atoms with E-state index in [1.54, 1.807) is 0 Å². The summed E-state index contributed by atoms with van der Waals surface area (Å²) in [6.45, 7) is 0.0899. The van der Waals surface area contributed by atoms with Crippen LogP contribution in [0.4, 0.5) is 4.39 Å². The SMILES string of the molecule is O=C(OCc1cccc(Br)c1)c1cccnc1F. The number of hydrogen-bond acceptors (Lipinski definition) is 3. The van der Waals surface area contributed by atoms with Crippen molar-refractivity contribution in [3.05, 3.63) is 64.1 Å². The van der Waals surface area contributed by atoms with Crippen molar-refractivity contribution in [2.45, 2.75) is 6.61 Å². The minimum atomic E-state index is -0.822. The molecule has 0 spiro atoms. The summed E-state index contributed by atoms with van der Waals surface area (Å²) in [7, 11) is 0. The maximum atomic E-state index is 13.2. The lowest BCUT2D eigenvalue weighted by Gasteiger charge is -2.05. The lowest BCUT2D eigenvalue weighted by molar-refractivity contribution is 0.0466. The number of hydrogen-bond donors (Lipinski definition) is 0. The Morgan fingerprint density at radius 3 is 2.89 bits per heavy atom. The number of benzene rings is 1. The van der Waals surface area contributed by atoms with Crippen molar-refractivity contribution in [2.75, 3.05) is 0 Å². The van der Waals surface area contributed by atoms with Crippen LogP contribution in [-0.4, -0.2) is 11.0 Å². The van der Waals surface area contributed by atoms with Gasteiger partial charge >= 0.3 is 5.97 Å². The molecule has 2 aromatic rings. The molecule has 0 fully saturated rings. The highest BCUT2D eigenvalue weighted by Crippen LogP contribution is 2.13. The molecule has 0 unspecified atom stereocenters. The van der Waals surface area contributed by atoms with E-state index in [0.717, 1.165) is 10.0 Å². The van der Waals surface area contributed by atoms with Crippen molar-refractivity contribution in [1.82, 2.24) is 4.98 Å². The maximum Gasteiger partial charge on any atom is 0.343 e. The molecule has 0 radical (unpaired) electrons. The summed E-state index contributed by atoms with van der Waals surface area (Å²) in [5.41, 5.74) is 0.662. The fourth-order valence-electron chi connectivity index (χ4n) is 1.39. The molecule has 0 amide bonds. The van der Waals surface area contributed by atoms with Crippen LogP contribution in [0.25, 0.3) is 0 Å². The van der Waals surface area contributed by atoms with Crippen LogP contribution < -0.4 is 0 Å². The predicted molar refractivity (Wildman–Crippen MR) is 67.5 cm³/mol. The topological polar surface area (TPSA) is 39.2 Å². The van der Waals surface area contributed by atoms with Crippen molar-refractivity contribution in [1.29, 1.82) is 0 Å². The fraction of sp³-hybridized carbons (Fsp3) is 0.0769. The number of aromatic nitrogens is 1. The molecule has 1 heterocycles. The monoisotopic (exact) mass is 309 g/mol. The summed E-state index contributed by atoms with van der Waals surface area (Å²) in [6.07, 6.45) is 1.28. The molecule has 5 heteroatoms. The maximum absolute atomic E-state index is 13.2. The molecule has 0 aliphatic heterocycles. The quantitative estimate of drug-likeness (QED) is 0.645. The molecule has 18 heavy (non-hydrogen) atoms. The van der Waals surface area contributed by atoms with Gasteiger partial charge in [-0.05, 0) is 29.8 Å². The average molecular weight is 310 g/mol. The second-order valence-electron chi connectivity index (χ2n) is 3.55. The molecule has 0 saturated carbocycles. The Bertz CT molecular complexity index is 574. The molecular weight excluding hydrogens is 301 g/mol. The lowest BCUT2D eigenvalue weighted by Crippen LogP contribution is -2.08. The van der Waals surface area contributed by atoms with Crippen LogP contribution in [0.3, 0.4) is 0 Å². The molecular formula is C13H9BrFNO2. The molecule has 1 aromatic carbocycles. The number of rotatable bonds is 3. The average Bonchev–Trinajstić information content (AvgIpc) is 2.37. The van der Waals surface area contributed by atoms with Crippen molar-refractivity contribution >= 4 is 21.9 Å². The van der Waals surface area contributed by atoms with E-state index in [4.69, 9.17) is 4.74 Å². The lowest BCUT2D eigenvalue weighted by atomic mass is 10.2. The van der Waals surface area contributed by atoms with Gasteiger partial charge in [-0.25, -0.2) is 9.78 Å². The predicted octanol–water partition coefficient (Wildman–Crippen LogP) is 3.34. The van der Waals surface area contributed by atoms with E-state index >= 15 is 0 Å². The number of carbonyl (C=O) groups is 1. The molecule has 0 bridgehead atoms. The third kappa shape index (κ3) is 3.13. The molecule has 92 valence electrons. The largest absolute Gasteiger partial charge is 0.457 e. The first-order chi connectivity index (χ1) is 8.66. The van der Waals surface area contributed by atoms with E-state index in [-0.39, 0.29) is 12.2 Å². The van der Waals surface area contributed by atoms with Crippen molar-refractivity contribution < 1.29 is 13.9 Å². The van der Waals surface area contributed by atoms with Gasteiger partial charge in [0.15, 0.2) is 0 Å². The summed E-state index contributed by atoms with van der Waals surface area (Å²) in [4.78, 5) is 15.0. The summed E-state index contributed by atoms with van der Waals surface area (Å²) in [5.74, 6) is -1.54. The van der Waals surface area contributed by atoms with Crippen LogP contribution in [0, 0.1) is 5.95 Å². The number of pyridine rings is 1. The van der Waals surface area contributed by atoms with Crippen LogP contribution in [0.1, 0.15) is 15.9 Å². The Kier molecular flexibility index (Phi) is 4.04. The zero-order valence-electron chi connectivity index (χ0n) is 9.27. The molecule has 0 aliphatic rings. The van der Waals surface area contributed by atoms with Gasteiger partial charge in [-0.2, -0.15) is 4.39 Å². The minimum absolute atomic E-state index is 0.0899. The van der Waals surface area contributed by atoms with Gasteiger partial charge in [0.2, 0.25) is 5.95 Å². The number of halogens is 2. The standard InChI is InChI=1S/C13H9BrFNO2/c14-10-4-1-3-9(7-10)8-18-13(17)11-5-2-6-16-12(11)15/h1-7H,8H2. The Hall–Kier alpha value is -1.75. The van der Waals surface area contributed by atoms with E-state index in [2.05, 4.69) is 20.9 Å². The van der Waals surface area contributed by atoms with Gasteiger partial charge < -0.3 is 4.74 Å². The molecule has 3 nitrogen and oxygen atoms in total. The Morgan fingerprint density at radius 1 is 1.33 bits per heavy atom. The zero-order chi connectivity index (χ0) is 13.0.